The van der Waals surface area contributed by atoms with Gasteiger partial charge in [-0.3, -0.25) is 28.8 Å². The van der Waals surface area contributed by atoms with Crippen LogP contribution in [-0.4, -0.2) is 141 Å². The lowest BCUT2D eigenvalue weighted by Crippen LogP contribution is -2.69. The van der Waals surface area contributed by atoms with E-state index in [9.17, 15) is 28.8 Å². The van der Waals surface area contributed by atoms with Crippen LogP contribution >= 0.6 is 70.6 Å². The first kappa shape index (κ1) is 56.9. The Labute approximate surface area is 385 Å². The first-order valence-corrected chi connectivity index (χ1v) is 28.6. The van der Waals surface area contributed by atoms with Crippen LogP contribution in [-0.2, 0) is 57.2 Å². The first-order valence-electron chi connectivity index (χ1n) is 21.7. The van der Waals surface area contributed by atoms with Crippen LogP contribution in [0.4, 0.5) is 0 Å². The second kappa shape index (κ2) is 37.3. The molecular formula is C42H72O12S6. The molecule has 12 nitrogen and oxygen atoms in total. The summed E-state index contributed by atoms with van der Waals surface area (Å²) in [7, 11) is 0. The molecule has 1 fully saturated rings. The third kappa shape index (κ3) is 25.9. The number of carbonyl (C=O) groups excluding carboxylic acids is 6. The van der Waals surface area contributed by atoms with Crippen molar-refractivity contribution in [1.82, 2.24) is 0 Å². The molecule has 0 atom stereocenters. The largest absolute Gasteiger partial charge is 0.454 e. The van der Waals surface area contributed by atoms with Crippen molar-refractivity contribution in [2.75, 3.05) is 69.0 Å². The van der Waals surface area contributed by atoms with Gasteiger partial charge in [0.25, 0.3) is 0 Å². The summed E-state index contributed by atoms with van der Waals surface area (Å²) in [5.74, 6) is 3.58. The van der Waals surface area contributed by atoms with Gasteiger partial charge in [0.05, 0.1) is 38.5 Å². The highest BCUT2D eigenvalue weighted by Gasteiger charge is 2.61. The minimum atomic E-state index is -1.58. The van der Waals surface area contributed by atoms with Crippen LogP contribution in [0.25, 0.3) is 0 Å². The number of thioether (sulfide) groups is 6. The van der Waals surface area contributed by atoms with Gasteiger partial charge in [0.2, 0.25) is 0 Å². The maximum Gasteiger partial charge on any atom is 0.307 e. The highest BCUT2D eigenvalue weighted by molar-refractivity contribution is 8.00. The molecule has 0 aromatic carbocycles. The van der Waals surface area contributed by atoms with Gasteiger partial charge in [-0.1, -0.05) is 41.5 Å². The van der Waals surface area contributed by atoms with Crippen LogP contribution in [0.15, 0.2) is 0 Å². The maximum atomic E-state index is 13.7. The Balaban J connectivity index is 3.97. The second-order valence-corrected chi connectivity index (χ2v) is 21.2. The lowest BCUT2D eigenvalue weighted by Gasteiger charge is -2.47. The summed E-state index contributed by atoms with van der Waals surface area (Å²) in [4.78, 5) is 82.1. The van der Waals surface area contributed by atoms with E-state index in [1.807, 2.05) is 41.5 Å². The molecule has 0 aromatic heterocycles. The van der Waals surface area contributed by atoms with Crippen molar-refractivity contribution in [2.24, 2.45) is 0 Å². The lowest BCUT2D eigenvalue weighted by atomic mass is 9.83. The van der Waals surface area contributed by atoms with E-state index in [1.165, 1.54) is 0 Å². The van der Waals surface area contributed by atoms with Crippen LogP contribution in [0.2, 0.25) is 0 Å². The summed E-state index contributed by atoms with van der Waals surface area (Å²) in [5.41, 5.74) is 0. The molecule has 0 aromatic rings. The Kier molecular flexibility index (Phi) is 35.4. The van der Waals surface area contributed by atoms with Crippen molar-refractivity contribution in [2.45, 2.75) is 155 Å². The summed E-state index contributed by atoms with van der Waals surface area (Å²) < 4.78 is 36.8. The van der Waals surface area contributed by atoms with Crippen LogP contribution < -0.4 is 0 Å². The van der Waals surface area contributed by atoms with Crippen LogP contribution in [0.5, 0.6) is 0 Å². The summed E-state index contributed by atoms with van der Waals surface area (Å²) in [5, 5.41) is 0. The molecule has 348 valence electrons. The van der Waals surface area contributed by atoms with E-state index >= 15 is 0 Å². The highest BCUT2D eigenvalue weighted by Crippen LogP contribution is 2.36. The Morgan fingerprint density at radius 2 is 0.400 bits per heavy atom. The SMILES string of the molecule is CCCSCCC(=O)OC1C(OC(=O)CCSCCC)C(OC(=O)CCSCCC)C(OC(=O)CCSCCC)C(OC(=O)CCSCCC)C1OC(=O)CCSCCC. The van der Waals surface area contributed by atoms with Crippen molar-refractivity contribution in [3.63, 3.8) is 0 Å². The van der Waals surface area contributed by atoms with E-state index in [4.69, 9.17) is 28.4 Å². The summed E-state index contributed by atoms with van der Waals surface area (Å²) in [6.07, 6.45) is -4.11. The molecule has 1 rings (SSSR count). The molecule has 1 saturated carbocycles. The summed E-state index contributed by atoms with van der Waals surface area (Å²) in [6.45, 7) is 12.2. The van der Waals surface area contributed by atoms with Crippen molar-refractivity contribution >= 4 is 106 Å². The molecule has 1 aliphatic carbocycles. The molecule has 0 spiro atoms. The van der Waals surface area contributed by atoms with E-state index in [0.29, 0.717) is 34.5 Å². The first-order chi connectivity index (χ1) is 29.1. The smallest absolute Gasteiger partial charge is 0.307 e. The molecule has 18 heteroatoms. The Bertz CT molecular complexity index is 969. The third-order valence-corrected chi connectivity index (χ3v) is 15.5. The standard InChI is InChI=1S/C42H72O12S6/c1-7-19-55-25-13-31(43)49-37-38(50-32(44)14-26-56-20-8-2)40(52-34(46)16-28-58-22-10-4)42(54-36(48)18-30-60-24-12-6)41(53-35(47)17-29-59-23-11-5)39(37)51-33(45)15-27-57-21-9-3/h37-42H,7-30H2,1-6H3. The van der Waals surface area contributed by atoms with Crippen molar-refractivity contribution in [1.29, 1.82) is 0 Å². The second-order valence-electron chi connectivity index (χ2n) is 13.9. The fourth-order valence-corrected chi connectivity index (χ4v) is 10.4. The summed E-state index contributed by atoms with van der Waals surface area (Å²) >= 11 is 9.43. The van der Waals surface area contributed by atoms with Gasteiger partial charge in [0, 0.05) is 34.5 Å². The molecular weight excluding hydrogens is 889 g/mol. The predicted molar refractivity (Wildman–Crippen MR) is 253 cm³/mol. The average Bonchev–Trinajstić information content (AvgIpc) is 3.22. The number of hydrogen-bond acceptors (Lipinski definition) is 18. The molecule has 0 amide bonds. The van der Waals surface area contributed by atoms with E-state index in [0.717, 1.165) is 73.0 Å². The molecule has 0 radical (unpaired) electrons. The van der Waals surface area contributed by atoms with E-state index in [1.54, 1.807) is 70.6 Å². The zero-order valence-electron chi connectivity index (χ0n) is 36.8. The van der Waals surface area contributed by atoms with Gasteiger partial charge in [-0.25, -0.2) is 0 Å². The molecule has 0 saturated heterocycles. The predicted octanol–water partition coefficient (Wildman–Crippen LogP) is 8.67. The topological polar surface area (TPSA) is 158 Å². The van der Waals surface area contributed by atoms with E-state index in [2.05, 4.69) is 0 Å². The zero-order valence-corrected chi connectivity index (χ0v) is 41.7. The van der Waals surface area contributed by atoms with Crippen LogP contribution in [0, 0.1) is 0 Å². The molecule has 0 aliphatic heterocycles. The van der Waals surface area contributed by atoms with Crippen molar-refractivity contribution < 1.29 is 57.2 Å². The number of rotatable bonds is 36. The highest BCUT2D eigenvalue weighted by atomic mass is 32.2. The monoisotopic (exact) mass is 960 g/mol. The zero-order chi connectivity index (χ0) is 44.4. The van der Waals surface area contributed by atoms with Gasteiger partial charge >= 0.3 is 35.8 Å². The normalized spacial score (nSPS) is 19.9. The van der Waals surface area contributed by atoms with Crippen molar-refractivity contribution in [3.8, 4) is 0 Å². The number of carbonyl (C=O) groups is 6. The Hall–Kier alpha value is -1.08. The average molecular weight is 961 g/mol. The minimum Gasteiger partial charge on any atom is -0.454 e. The van der Waals surface area contributed by atoms with Gasteiger partial charge in [-0.2, -0.15) is 70.6 Å². The molecule has 0 heterocycles. The van der Waals surface area contributed by atoms with Gasteiger partial charge < -0.3 is 28.4 Å². The lowest BCUT2D eigenvalue weighted by molar-refractivity contribution is -0.261. The number of ether oxygens (including phenoxy) is 6. The molecule has 0 unspecified atom stereocenters. The molecule has 0 N–H and O–H groups in total. The fraction of sp³-hybridized carbons (Fsp3) is 0.857. The van der Waals surface area contributed by atoms with Crippen LogP contribution in [0.1, 0.15) is 119 Å². The quantitative estimate of drug-likeness (QED) is 0.0333. The molecule has 60 heavy (non-hydrogen) atoms. The fourth-order valence-electron chi connectivity index (χ4n) is 5.60. The van der Waals surface area contributed by atoms with Gasteiger partial charge in [0.1, 0.15) is 0 Å². The van der Waals surface area contributed by atoms with Gasteiger partial charge in [-0.05, 0) is 73.0 Å². The Morgan fingerprint density at radius 3 is 0.517 bits per heavy atom. The van der Waals surface area contributed by atoms with Crippen molar-refractivity contribution in [3.05, 3.63) is 0 Å². The van der Waals surface area contributed by atoms with E-state index < -0.39 is 72.4 Å². The number of hydrogen-bond donors (Lipinski definition) is 0. The molecule has 0 bridgehead atoms. The Morgan fingerprint density at radius 1 is 0.267 bits per heavy atom. The van der Waals surface area contributed by atoms with Gasteiger partial charge in [0.15, 0.2) is 36.6 Å². The minimum absolute atomic E-state index is 0.0180. The molecule has 1 aliphatic rings. The maximum absolute atomic E-state index is 13.7. The summed E-state index contributed by atoms with van der Waals surface area (Å²) in [6, 6.07) is 0. The van der Waals surface area contributed by atoms with E-state index in [-0.39, 0.29) is 38.5 Å². The third-order valence-electron chi connectivity index (χ3n) is 8.34. The number of esters is 6. The van der Waals surface area contributed by atoms with Crippen LogP contribution in [0.3, 0.4) is 0 Å². The van der Waals surface area contributed by atoms with Gasteiger partial charge in [-0.15, -0.1) is 0 Å².